The van der Waals surface area contributed by atoms with Crippen molar-refractivity contribution in [2.45, 2.75) is 27.2 Å². The fraction of sp³-hybridized carbons (Fsp3) is 0.263. The van der Waals surface area contributed by atoms with Crippen LogP contribution in [0.2, 0.25) is 0 Å². The highest BCUT2D eigenvalue weighted by Gasteiger charge is 2.19. The summed E-state index contributed by atoms with van der Waals surface area (Å²) < 4.78 is 27.8. The van der Waals surface area contributed by atoms with Crippen LogP contribution in [0, 0.1) is 12.8 Å². The number of hydrogen-bond acceptors (Lipinski definition) is 2. The van der Waals surface area contributed by atoms with Gasteiger partial charge in [-0.15, -0.1) is 0 Å². The average Bonchev–Trinajstić information content (AvgIpc) is 2.51. The molecule has 1 aliphatic rings. The van der Waals surface area contributed by atoms with Crippen LogP contribution in [0.1, 0.15) is 31.4 Å². The first kappa shape index (κ1) is 17.3. The second-order valence-electron chi connectivity index (χ2n) is 5.69. The second-order valence-corrected chi connectivity index (χ2v) is 7.37. The Morgan fingerprint density at radius 3 is 2.70 bits per heavy atom. The first-order chi connectivity index (χ1) is 10.9. The number of benzene rings is 1. The van der Waals surface area contributed by atoms with Crippen molar-refractivity contribution in [1.29, 1.82) is 0 Å². The zero-order valence-electron chi connectivity index (χ0n) is 13.8. The summed E-state index contributed by atoms with van der Waals surface area (Å²) >= 11 is 0. The zero-order valence-corrected chi connectivity index (χ0v) is 14.6. The normalized spacial score (nSPS) is 18.6. The molecule has 0 amide bonds. The Balaban J connectivity index is 2.26. The van der Waals surface area contributed by atoms with Crippen molar-refractivity contribution in [2.24, 2.45) is 5.92 Å². The van der Waals surface area contributed by atoms with Gasteiger partial charge >= 0.3 is 0 Å². The Bertz CT molecular complexity index is 784. The van der Waals surface area contributed by atoms with Gasteiger partial charge in [0.15, 0.2) is 0 Å². The van der Waals surface area contributed by atoms with Gasteiger partial charge in [-0.2, -0.15) is 0 Å². The van der Waals surface area contributed by atoms with Crippen molar-refractivity contribution in [3.05, 3.63) is 70.7 Å². The smallest absolute Gasteiger partial charge is 0.261 e. The van der Waals surface area contributed by atoms with E-state index in [2.05, 4.69) is 11.6 Å². The SMILES string of the molecule is CC=CC=Cc1cccc(NS(=O)(=O)C2=CCC(C)C=C2)c1C. The summed E-state index contributed by atoms with van der Waals surface area (Å²) in [6.45, 7) is 5.93. The molecule has 23 heavy (non-hydrogen) atoms. The molecule has 1 aromatic carbocycles. The maximum atomic E-state index is 12.5. The number of allylic oxidation sites excluding steroid dienone is 6. The third kappa shape index (κ3) is 4.45. The Hall–Kier alpha value is -2.07. The predicted octanol–water partition coefficient (Wildman–Crippen LogP) is 4.81. The van der Waals surface area contributed by atoms with Crippen LogP contribution >= 0.6 is 0 Å². The van der Waals surface area contributed by atoms with E-state index in [4.69, 9.17) is 0 Å². The lowest BCUT2D eigenvalue weighted by atomic mass is 10.0. The van der Waals surface area contributed by atoms with Gasteiger partial charge in [0.05, 0.1) is 10.6 Å². The van der Waals surface area contributed by atoms with Gasteiger partial charge in [0.1, 0.15) is 0 Å². The third-order valence-corrected chi connectivity index (χ3v) is 5.20. The van der Waals surface area contributed by atoms with E-state index in [9.17, 15) is 8.42 Å². The molecule has 0 saturated carbocycles. The maximum absolute atomic E-state index is 12.5. The summed E-state index contributed by atoms with van der Waals surface area (Å²) in [4.78, 5) is 0.338. The van der Waals surface area contributed by atoms with Crippen molar-refractivity contribution >= 4 is 21.8 Å². The molecule has 0 heterocycles. The second kappa shape index (κ2) is 7.47. The fourth-order valence-corrected chi connectivity index (χ4v) is 3.53. The molecule has 0 saturated heterocycles. The first-order valence-corrected chi connectivity index (χ1v) is 9.22. The number of nitrogens with one attached hydrogen (secondary N) is 1. The Kier molecular flexibility index (Phi) is 5.61. The average molecular weight is 329 g/mol. The standard InChI is InChI=1S/C19H23NO2S/c1-4-5-6-8-17-9-7-10-19(16(17)3)20-23(21,22)18-13-11-15(2)12-14-18/h4-11,13-15,20H,12H2,1-3H3. The fourth-order valence-electron chi connectivity index (χ4n) is 2.33. The molecule has 0 spiro atoms. The van der Waals surface area contributed by atoms with Crippen LogP contribution in [0.15, 0.2) is 59.6 Å². The lowest BCUT2D eigenvalue weighted by molar-refractivity contribution is 0.606. The topological polar surface area (TPSA) is 46.2 Å². The molecule has 2 rings (SSSR count). The summed E-state index contributed by atoms with van der Waals surface area (Å²) in [5.74, 6) is 0.385. The lowest BCUT2D eigenvalue weighted by Crippen LogP contribution is -2.16. The Morgan fingerprint density at radius 1 is 1.26 bits per heavy atom. The number of sulfonamides is 1. The van der Waals surface area contributed by atoms with Crippen LogP contribution in [0.5, 0.6) is 0 Å². The number of rotatable bonds is 5. The molecule has 3 nitrogen and oxygen atoms in total. The number of hydrogen-bond donors (Lipinski definition) is 1. The minimum Gasteiger partial charge on any atom is -0.279 e. The van der Waals surface area contributed by atoms with Crippen LogP contribution in [0.4, 0.5) is 5.69 Å². The van der Waals surface area contributed by atoms with E-state index in [-0.39, 0.29) is 0 Å². The summed E-state index contributed by atoms with van der Waals surface area (Å²) in [5.41, 5.74) is 2.51. The molecule has 0 radical (unpaired) electrons. The van der Waals surface area contributed by atoms with Crippen LogP contribution in [-0.2, 0) is 10.0 Å². The molecule has 0 aromatic heterocycles. The van der Waals surface area contributed by atoms with E-state index in [1.807, 2.05) is 56.4 Å². The third-order valence-electron chi connectivity index (χ3n) is 3.79. The van der Waals surface area contributed by atoms with E-state index in [1.165, 1.54) is 0 Å². The monoisotopic (exact) mass is 329 g/mol. The van der Waals surface area contributed by atoms with Crippen molar-refractivity contribution < 1.29 is 8.42 Å². The first-order valence-electron chi connectivity index (χ1n) is 7.74. The highest BCUT2D eigenvalue weighted by molar-refractivity contribution is 7.96. The van der Waals surface area contributed by atoms with Crippen LogP contribution < -0.4 is 4.72 Å². The van der Waals surface area contributed by atoms with Gasteiger partial charge in [-0.3, -0.25) is 4.72 Å². The van der Waals surface area contributed by atoms with Crippen LogP contribution in [0.25, 0.3) is 6.08 Å². The van der Waals surface area contributed by atoms with Crippen molar-refractivity contribution in [1.82, 2.24) is 0 Å². The van der Waals surface area contributed by atoms with Gasteiger partial charge in [-0.25, -0.2) is 8.42 Å². The molecule has 122 valence electrons. The van der Waals surface area contributed by atoms with Gasteiger partial charge in [0, 0.05) is 0 Å². The molecular weight excluding hydrogens is 306 g/mol. The molecule has 0 fully saturated rings. The molecular formula is C19H23NO2S. The highest BCUT2D eigenvalue weighted by atomic mass is 32.2. The molecule has 0 bridgehead atoms. The quantitative estimate of drug-likeness (QED) is 0.788. The molecule has 1 aromatic rings. The lowest BCUT2D eigenvalue weighted by Gasteiger charge is -2.15. The van der Waals surface area contributed by atoms with Gasteiger partial charge < -0.3 is 0 Å². The molecule has 4 heteroatoms. The van der Waals surface area contributed by atoms with Gasteiger partial charge in [0.25, 0.3) is 10.0 Å². The van der Waals surface area contributed by atoms with Gasteiger partial charge in [-0.05, 0) is 49.5 Å². The molecule has 1 unspecified atom stereocenters. The Morgan fingerprint density at radius 2 is 2.04 bits per heavy atom. The summed E-state index contributed by atoms with van der Waals surface area (Å²) in [6.07, 6.45) is 13.9. The minimum absolute atomic E-state index is 0.338. The highest BCUT2D eigenvalue weighted by Crippen LogP contribution is 2.25. The zero-order chi connectivity index (χ0) is 16.9. The van der Waals surface area contributed by atoms with E-state index >= 15 is 0 Å². The van der Waals surface area contributed by atoms with Crippen molar-refractivity contribution in [3.63, 3.8) is 0 Å². The summed E-state index contributed by atoms with van der Waals surface area (Å²) in [7, 11) is -3.54. The number of anilines is 1. The molecule has 1 aliphatic carbocycles. The van der Waals surface area contributed by atoms with E-state index in [0.29, 0.717) is 16.5 Å². The predicted molar refractivity (Wildman–Crippen MR) is 98.6 cm³/mol. The van der Waals surface area contributed by atoms with Gasteiger partial charge in [-0.1, -0.05) is 55.5 Å². The van der Waals surface area contributed by atoms with E-state index < -0.39 is 10.0 Å². The minimum atomic E-state index is -3.54. The van der Waals surface area contributed by atoms with Gasteiger partial charge in [0.2, 0.25) is 0 Å². The van der Waals surface area contributed by atoms with E-state index in [1.54, 1.807) is 18.2 Å². The Labute approximate surface area is 139 Å². The molecule has 1 atom stereocenters. The maximum Gasteiger partial charge on any atom is 0.261 e. The van der Waals surface area contributed by atoms with Crippen LogP contribution in [0.3, 0.4) is 0 Å². The molecule has 1 N–H and O–H groups in total. The molecule has 0 aliphatic heterocycles. The van der Waals surface area contributed by atoms with Crippen LogP contribution in [-0.4, -0.2) is 8.42 Å². The summed E-state index contributed by atoms with van der Waals surface area (Å²) in [5, 5.41) is 0. The van der Waals surface area contributed by atoms with E-state index in [0.717, 1.165) is 17.5 Å². The van der Waals surface area contributed by atoms with Crippen molar-refractivity contribution in [3.8, 4) is 0 Å². The largest absolute Gasteiger partial charge is 0.279 e. The van der Waals surface area contributed by atoms with Crippen molar-refractivity contribution in [2.75, 3.05) is 4.72 Å². The summed E-state index contributed by atoms with van der Waals surface area (Å²) in [6, 6.07) is 5.61.